The summed E-state index contributed by atoms with van der Waals surface area (Å²) in [4.78, 5) is 1.39. The molecule has 0 saturated carbocycles. The molecule has 2 aliphatic rings. The molecule has 0 fully saturated rings. The second kappa shape index (κ2) is 4.64. The van der Waals surface area contributed by atoms with Crippen molar-refractivity contribution in [1.82, 2.24) is 4.90 Å². The summed E-state index contributed by atoms with van der Waals surface area (Å²) >= 11 is 0. The maximum Gasteiger partial charge on any atom is 0.216 e. The highest BCUT2D eigenvalue weighted by Crippen LogP contribution is 2.46. The average Bonchev–Trinajstić information content (AvgIpc) is 2.47. The van der Waals surface area contributed by atoms with E-state index in [0.29, 0.717) is 12.8 Å². The highest BCUT2D eigenvalue weighted by atomic mass is 16.5. The minimum Gasteiger partial charge on any atom is -0.378 e. The molecule has 2 unspecified atom stereocenters. The van der Waals surface area contributed by atoms with Gasteiger partial charge in [0.2, 0.25) is 6.41 Å². The lowest BCUT2D eigenvalue weighted by molar-refractivity contribution is -0.226. The first-order valence-electron chi connectivity index (χ1n) is 7.18. The molecule has 4 rings (SSSR count). The van der Waals surface area contributed by atoms with Crippen LogP contribution in [-0.2, 0) is 12.8 Å². The molecule has 0 aromatic heterocycles. The lowest BCUT2D eigenvalue weighted by Gasteiger charge is -2.44. The van der Waals surface area contributed by atoms with Crippen molar-refractivity contribution in [3.05, 3.63) is 59.2 Å². The predicted molar refractivity (Wildman–Crippen MR) is 78.1 cm³/mol. The van der Waals surface area contributed by atoms with Crippen LogP contribution in [0.5, 0.6) is 0 Å². The van der Waals surface area contributed by atoms with E-state index in [2.05, 4.69) is 18.2 Å². The fraction of sp³-hybridized carbons (Fsp3) is 0.294. The van der Waals surface area contributed by atoms with Gasteiger partial charge in [-0.1, -0.05) is 42.5 Å². The number of benzene rings is 2. The third-order valence-corrected chi connectivity index (χ3v) is 4.62. The summed E-state index contributed by atoms with van der Waals surface area (Å²) in [6, 6.07) is 14.1. The first kappa shape index (κ1) is 13.0. The summed E-state index contributed by atoms with van der Waals surface area (Å²) in [5.74, 6) is 0. The zero-order valence-electron chi connectivity index (χ0n) is 11.5. The molecule has 108 valence electrons. The van der Waals surface area contributed by atoms with Gasteiger partial charge in [0.15, 0.2) is 0 Å². The van der Waals surface area contributed by atoms with Gasteiger partial charge >= 0.3 is 0 Å². The smallest absolute Gasteiger partial charge is 0.216 e. The third-order valence-electron chi connectivity index (χ3n) is 4.62. The molecule has 3 N–H and O–H groups in total. The zero-order chi connectivity index (χ0) is 14.6. The molecule has 0 bridgehead atoms. The van der Waals surface area contributed by atoms with E-state index in [0.717, 1.165) is 16.7 Å². The van der Waals surface area contributed by atoms with Crippen LogP contribution in [0.2, 0.25) is 0 Å². The van der Waals surface area contributed by atoms with Gasteiger partial charge in [-0.15, -0.1) is 0 Å². The van der Waals surface area contributed by atoms with Crippen molar-refractivity contribution in [3.63, 3.8) is 0 Å². The Morgan fingerprint density at radius 2 is 1.62 bits per heavy atom. The SMILES string of the molecule is OC(O)N1C(O)Cc2cccc3c2C1Cc1ccccc1-3. The molecular weight excluding hydrogens is 266 g/mol. The van der Waals surface area contributed by atoms with Gasteiger partial charge in [0.1, 0.15) is 6.23 Å². The number of nitrogens with zero attached hydrogens (tertiary/aromatic N) is 1. The van der Waals surface area contributed by atoms with Crippen molar-refractivity contribution in [2.75, 3.05) is 0 Å². The minimum absolute atomic E-state index is 0.199. The van der Waals surface area contributed by atoms with Crippen LogP contribution in [0.15, 0.2) is 42.5 Å². The number of aliphatic hydroxyl groups is 3. The number of hydrogen-bond donors (Lipinski definition) is 3. The average molecular weight is 283 g/mol. The Kier molecular flexibility index (Phi) is 2.87. The topological polar surface area (TPSA) is 63.9 Å². The first-order chi connectivity index (χ1) is 10.2. The molecule has 4 nitrogen and oxygen atoms in total. The van der Waals surface area contributed by atoms with E-state index in [-0.39, 0.29) is 6.04 Å². The van der Waals surface area contributed by atoms with E-state index >= 15 is 0 Å². The molecule has 1 aliphatic carbocycles. The fourth-order valence-electron chi connectivity index (χ4n) is 3.77. The Balaban J connectivity index is 1.96. The van der Waals surface area contributed by atoms with Crippen LogP contribution in [0.25, 0.3) is 11.1 Å². The summed E-state index contributed by atoms with van der Waals surface area (Å²) < 4.78 is 0. The molecule has 1 aliphatic heterocycles. The number of fused-ring (bicyclic) bond motifs is 2. The van der Waals surface area contributed by atoms with Gasteiger partial charge in [-0.3, -0.25) is 0 Å². The summed E-state index contributed by atoms with van der Waals surface area (Å²) in [5.41, 5.74) is 5.73. The Morgan fingerprint density at radius 1 is 0.905 bits per heavy atom. The highest BCUT2D eigenvalue weighted by Gasteiger charge is 2.40. The zero-order valence-corrected chi connectivity index (χ0v) is 11.5. The Hall–Kier alpha value is -1.72. The van der Waals surface area contributed by atoms with Gasteiger partial charge in [-0.2, -0.15) is 0 Å². The van der Waals surface area contributed by atoms with E-state index in [1.807, 2.05) is 24.3 Å². The van der Waals surface area contributed by atoms with Crippen LogP contribution in [0, 0.1) is 0 Å². The molecule has 0 spiro atoms. The van der Waals surface area contributed by atoms with E-state index in [9.17, 15) is 15.3 Å². The molecule has 2 aromatic rings. The van der Waals surface area contributed by atoms with Crippen molar-refractivity contribution < 1.29 is 15.3 Å². The van der Waals surface area contributed by atoms with Gasteiger partial charge < -0.3 is 15.3 Å². The van der Waals surface area contributed by atoms with Crippen LogP contribution in [-0.4, -0.2) is 32.9 Å². The number of rotatable bonds is 1. The largest absolute Gasteiger partial charge is 0.378 e. The monoisotopic (exact) mass is 283 g/mol. The van der Waals surface area contributed by atoms with Crippen LogP contribution in [0.4, 0.5) is 0 Å². The van der Waals surface area contributed by atoms with Crippen molar-refractivity contribution in [2.24, 2.45) is 0 Å². The Morgan fingerprint density at radius 3 is 2.43 bits per heavy atom. The van der Waals surface area contributed by atoms with Gasteiger partial charge in [-0.05, 0) is 34.2 Å². The maximum absolute atomic E-state index is 10.3. The van der Waals surface area contributed by atoms with E-state index in [1.165, 1.54) is 16.0 Å². The normalized spacial score (nSPS) is 23.8. The molecule has 0 radical (unpaired) electrons. The fourth-order valence-corrected chi connectivity index (χ4v) is 3.77. The van der Waals surface area contributed by atoms with E-state index < -0.39 is 12.6 Å². The highest BCUT2D eigenvalue weighted by molar-refractivity contribution is 5.75. The van der Waals surface area contributed by atoms with Crippen molar-refractivity contribution in [3.8, 4) is 11.1 Å². The van der Waals surface area contributed by atoms with Gasteiger partial charge in [0.05, 0.1) is 0 Å². The van der Waals surface area contributed by atoms with Gasteiger partial charge in [0.25, 0.3) is 0 Å². The summed E-state index contributed by atoms with van der Waals surface area (Å²) in [6.45, 7) is 0. The van der Waals surface area contributed by atoms with Crippen molar-refractivity contribution in [2.45, 2.75) is 31.5 Å². The summed E-state index contributed by atoms with van der Waals surface area (Å²) in [7, 11) is 0. The minimum atomic E-state index is -1.66. The summed E-state index contributed by atoms with van der Waals surface area (Å²) in [6.07, 6.45) is -1.44. The third kappa shape index (κ3) is 1.84. The Labute approximate surface area is 122 Å². The lowest BCUT2D eigenvalue weighted by atomic mass is 9.77. The molecule has 21 heavy (non-hydrogen) atoms. The quantitative estimate of drug-likeness (QED) is 0.692. The standard InChI is InChI=1S/C17H17NO3/c19-15-9-11-5-3-7-13-12-6-2-1-4-10(12)8-14(16(11)13)18(15)17(20)21/h1-7,14-15,17,19-21H,8-9H2. The maximum atomic E-state index is 10.3. The molecule has 2 aromatic carbocycles. The van der Waals surface area contributed by atoms with Crippen LogP contribution in [0.1, 0.15) is 22.7 Å². The number of aliphatic hydroxyl groups excluding tert-OH is 2. The second-order valence-corrected chi connectivity index (χ2v) is 5.73. The van der Waals surface area contributed by atoms with Crippen LogP contribution in [0.3, 0.4) is 0 Å². The number of hydrogen-bond acceptors (Lipinski definition) is 4. The predicted octanol–water partition coefficient (Wildman–Crippen LogP) is 1.40. The summed E-state index contributed by atoms with van der Waals surface area (Å²) in [5, 5.41) is 29.6. The Bertz CT molecular complexity index is 698. The van der Waals surface area contributed by atoms with Gasteiger partial charge in [0, 0.05) is 12.5 Å². The molecule has 0 saturated heterocycles. The van der Waals surface area contributed by atoms with Crippen LogP contribution >= 0.6 is 0 Å². The lowest BCUT2D eigenvalue weighted by Crippen LogP contribution is -2.50. The van der Waals surface area contributed by atoms with Crippen LogP contribution < -0.4 is 0 Å². The molecular formula is C17H17NO3. The van der Waals surface area contributed by atoms with Gasteiger partial charge in [-0.25, -0.2) is 4.90 Å². The van der Waals surface area contributed by atoms with Crippen molar-refractivity contribution >= 4 is 0 Å². The second-order valence-electron chi connectivity index (χ2n) is 5.73. The molecule has 4 heteroatoms. The van der Waals surface area contributed by atoms with E-state index in [1.54, 1.807) is 0 Å². The molecule has 1 heterocycles. The molecule has 0 amide bonds. The first-order valence-corrected chi connectivity index (χ1v) is 7.18. The molecule has 2 atom stereocenters. The van der Waals surface area contributed by atoms with E-state index in [4.69, 9.17) is 0 Å². The van der Waals surface area contributed by atoms with Crippen molar-refractivity contribution in [1.29, 1.82) is 0 Å².